The van der Waals surface area contributed by atoms with Crippen LogP contribution in [0, 0.1) is 11.3 Å². The highest BCUT2D eigenvalue weighted by Crippen LogP contribution is 2.27. The minimum atomic E-state index is 0.461. The molecule has 0 aliphatic carbocycles. The highest BCUT2D eigenvalue weighted by molar-refractivity contribution is 6.30. The van der Waals surface area contributed by atoms with Gasteiger partial charge in [0.15, 0.2) is 0 Å². The van der Waals surface area contributed by atoms with Gasteiger partial charge in [0, 0.05) is 11.1 Å². The quantitative estimate of drug-likeness (QED) is 0.924. The van der Waals surface area contributed by atoms with Crippen LogP contribution < -0.4 is 10.5 Å². The van der Waals surface area contributed by atoms with Gasteiger partial charge < -0.3 is 10.5 Å². The monoisotopic (exact) mass is 261 g/mol. The molecule has 0 saturated carbocycles. The average Bonchev–Trinajstić information content (AvgIpc) is 2.67. The zero-order valence-corrected chi connectivity index (χ0v) is 10.6. The number of nitrogens with two attached hydrogens (primary N) is 1. The molecule has 5 heteroatoms. The van der Waals surface area contributed by atoms with Crippen LogP contribution in [-0.2, 0) is 6.54 Å². The molecule has 2 aromatic rings. The molecule has 0 aliphatic heterocycles. The molecule has 0 atom stereocenters. The zero-order chi connectivity index (χ0) is 13.1. The summed E-state index contributed by atoms with van der Waals surface area (Å²) in [4.78, 5) is 0. The van der Waals surface area contributed by atoms with E-state index in [0.717, 1.165) is 5.56 Å². The van der Waals surface area contributed by atoms with E-state index in [1.807, 2.05) is 24.3 Å². The summed E-state index contributed by atoms with van der Waals surface area (Å²) in [7, 11) is 1.53. The number of nitriles is 1. The third-order valence-corrected chi connectivity index (χ3v) is 2.89. The number of hydrogen-bond donors (Lipinski definition) is 1. The molecule has 0 fully saturated rings. The molecule has 0 radical (unpaired) electrons. The fourth-order valence-electron chi connectivity index (χ4n) is 1.80. The smallest absolute Gasteiger partial charge is 0.218 e. The van der Waals surface area contributed by atoms with Gasteiger partial charge in [-0.2, -0.15) is 5.26 Å². The van der Waals surface area contributed by atoms with Crippen molar-refractivity contribution in [3.05, 3.63) is 46.6 Å². The van der Waals surface area contributed by atoms with Crippen molar-refractivity contribution in [2.45, 2.75) is 6.54 Å². The minimum absolute atomic E-state index is 0.461. The van der Waals surface area contributed by atoms with Crippen molar-refractivity contribution in [2.75, 3.05) is 12.8 Å². The molecule has 4 nitrogen and oxygen atoms in total. The second kappa shape index (κ2) is 5.03. The Morgan fingerprint density at radius 3 is 2.61 bits per heavy atom. The van der Waals surface area contributed by atoms with Crippen LogP contribution >= 0.6 is 11.6 Å². The Morgan fingerprint density at radius 1 is 1.39 bits per heavy atom. The second-order valence-electron chi connectivity index (χ2n) is 3.82. The molecule has 2 rings (SSSR count). The first-order chi connectivity index (χ1) is 8.65. The first kappa shape index (κ1) is 12.3. The van der Waals surface area contributed by atoms with Crippen molar-refractivity contribution >= 4 is 17.3 Å². The third kappa shape index (κ3) is 2.27. The molecule has 0 spiro atoms. The number of halogens is 1. The maximum Gasteiger partial charge on any atom is 0.218 e. The van der Waals surface area contributed by atoms with Gasteiger partial charge in [-0.25, -0.2) is 0 Å². The molecule has 2 N–H and O–H groups in total. The molecule has 0 unspecified atom stereocenters. The van der Waals surface area contributed by atoms with Gasteiger partial charge in [0.05, 0.1) is 19.3 Å². The van der Waals surface area contributed by atoms with Crippen molar-refractivity contribution in [3.8, 4) is 11.9 Å². The number of anilines is 1. The fourth-order valence-corrected chi connectivity index (χ4v) is 1.93. The zero-order valence-electron chi connectivity index (χ0n) is 9.85. The molecular formula is C13H12ClN3O. The maximum absolute atomic E-state index is 9.07. The van der Waals surface area contributed by atoms with Crippen LogP contribution in [0.5, 0.6) is 5.88 Å². The van der Waals surface area contributed by atoms with E-state index < -0.39 is 0 Å². The lowest BCUT2D eigenvalue weighted by molar-refractivity contribution is 0.379. The van der Waals surface area contributed by atoms with Crippen molar-refractivity contribution in [3.63, 3.8) is 0 Å². The first-order valence-corrected chi connectivity index (χ1v) is 5.71. The summed E-state index contributed by atoms with van der Waals surface area (Å²) in [5.41, 5.74) is 7.74. The lowest BCUT2D eigenvalue weighted by Gasteiger charge is -2.10. The van der Waals surface area contributed by atoms with E-state index in [1.165, 1.54) is 7.11 Å². The van der Waals surface area contributed by atoms with Gasteiger partial charge in [0.25, 0.3) is 0 Å². The van der Waals surface area contributed by atoms with E-state index in [9.17, 15) is 0 Å². The second-order valence-corrected chi connectivity index (χ2v) is 4.26. The van der Waals surface area contributed by atoms with Gasteiger partial charge in [-0.1, -0.05) is 23.7 Å². The number of ether oxygens (including phenoxy) is 1. The lowest BCUT2D eigenvalue weighted by atomic mass is 10.2. The standard InChI is InChI=1S/C13H12ClN3O/c1-18-13-12(16)6-11(7-15)17(13)8-9-2-4-10(14)5-3-9/h2-6H,8,16H2,1H3. The molecule has 0 amide bonds. The number of aromatic nitrogens is 1. The molecular weight excluding hydrogens is 250 g/mol. The summed E-state index contributed by atoms with van der Waals surface area (Å²) < 4.78 is 6.95. The predicted molar refractivity (Wildman–Crippen MR) is 70.7 cm³/mol. The largest absolute Gasteiger partial charge is 0.481 e. The predicted octanol–water partition coefficient (Wildman–Crippen LogP) is 2.65. The van der Waals surface area contributed by atoms with Gasteiger partial charge in [-0.15, -0.1) is 0 Å². The van der Waals surface area contributed by atoms with E-state index >= 15 is 0 Å². The number of rotatable bonds is 3. The summed E-state index contributed by atoms with van der Waals surface area (Å²) in [5, 5.41) is 9.75. The Morgan fingerprint density at radius 2 is 2.06 bits per heavy atom. The Hall–Kier alpha value is -2.12. The molecule has 18 heavy (non-hydrogen) atoms. The Bertz CT molecular complexity index is 596. The number of hydrogen-bond acceptors (Lipinski definition) is 3. The van der Waals surface area contributed by atoms with Crippen molar-refractivity contribution in [1.29, 1.82) is 5.26 Å². The maximum atomic E-state index is 9.07. The molecule has 1 aromatic heterocycles. The highest BCUT2D eigenvalue weighted by Gasteiger charge is 2.13. The molecule has 1 aromatic carbocycles. The van der Waals surface area contributed by atoms with Gasteiger partial charge in [-0.05, 0) is 17.7 Å². The number of methoxy groups -OCH3 is 1. The minimum Gasteiger partial charge on any atom is -0.481 e. The van der Waals surface area contributed by atoms with E-state index in [0.29, 0.717) is 28.8 Å². The lowest BCUT2D eigenvalue weighted by Crippen LogP contribution is -2.05. The van der Waals surface area contributed by atoms with Crippen LogP contribution in [0.1, 0.15) is 11.3 Å². The fraction of sp³-hybridized carbons (Fsp3) is 0.154. The summed E-state index contributed by atoms with van der Waals surface area (Å²) in [6, 6.07) is 11.1. The summed E-state index contributed by atoms with van der Waals surface area (Å²) in [6.45, 7) is 0.514. The van der Waals surface area contributed by atoms with Crippen molar-refractivity contribution in [2.24, 2.45) is 0 Å². The third-order valence-electron chi connectivity index (χ3n) is 2.64. The number of nitrogens with zero attached hydrogens (tertiary/aromatic N) is 2. The van der Waals surface area contributed by atoms with Gasteiger partial charge in [0.2, 0.25) is 5.88 Å². The molecule has 0 bridgehead atoms. The van der Waals surface area contributed by atoms with Crippen LogP contribution in [0.25, 0.3) is 0 Å². The van der Waals surface area contributed by atoms with Gasteiger partial charge in [0.1, 0.15) is 11.8 Å². The van der Waals surface area contributed by atoms with Crippen LogP contribution in [0.15, 0.2) is 30.3 Å². The first-order valence-electron chi connectivity index (χ1n) is 5.33. The molecule has 0 saturated heterocycles. The van der Waals surface area contributed by atoms with Crippen molar-refractivity contribution < 1.29 is 4.74 Å². The van der Waals surface area contributed by atoms with Gasteiger partial charge in [-0.3, -0.25) is 4.57 Å². The topological polar surface area (TPSA) is 64.0 Å². The van der Waals surface area contributed by atoms with Crippen LogP contribution in [0.3, 0.4) is 0 Å². The molecule has 92 valence electrons. The number of benzene rings is 1. The molecule has 0 aliphatic rings. The molecule has 1 heterocycles. The number of nitrogen functional groups attached to an aromatic ring is 1. The van der Waals surface area contributed by atoms with Gasteiger partial charge >= 0.3 is 0 Å². The average molecular weight is 262 g/mol. The Labute approximate surface area is 110 Å². The highest BCUT2D eigenvalue weighted by atomic mass is 35.5. The van der Waals surface area contributed by atoms with Crippen LogP contribution in [0.4, 0.5) is 5.69 Å². The summed E-state index contributed by atoms with van der Waals surface area (Å²) in [5.74, 6) is 0.501. The SMILES string of the molecule is COc1c(N)cc(C#N)n1Cc1ccc(Cl)cc1. The van der Waals surface area contributed by atoms with E-state index in [2.05, 4.69) is 6.07 Å². The van der Waals surface area contributed by atoms with Crippen LogP contribution in [-0.4, -0.2) is 11.7 Å². The Balaban J connectivity index is 2.39. The van der Waals surface area contributed by atoms with Crippen molar-refractivity contribution in [1.82, 2.24) is 4.57 Å². The summed E-state index contributed by atoms with van der Waals surface area (Å²) in [6.07, 6.45) is 0. The normalized spacial score (nSPS) is 10.1. The van der Waals surface area contributed by atoms with Crippen LogP contribution in [0.2, 0.25) is 5.02 Å². The van der Waals surface area contributed by atoms with E-state index in [1.54, 1.807) is 10.6 Å². The Kier molecular flexibility index (Phi) is 3.45. The van der Waals surface area contributed by atoms with E-state index in [-0.39, 0.29) is 0 Å². The van der Waals surface area contributed by atoms with E-state index in [4.69, 9.17) is 27.3 Å². The summed E-state index contributed by atoms with van der Waals surface area (Å²) >= 11 is 5.83.